The molecule has 0 aromatic carbocycles. The summed E-state index contributed by atoms with van der Waals surface area (Å²) in [5, 5.41) is 30.5. The van der Waals surface area contributed by atoms with Crippen molar-refractivity contribution in [2.75, 3.05) is 6.61 Å². The van der Waals surface area contributed by atoms with E-state index in [1.54, 1.807) is 0 Å². The standard InChI is InChI=1S/C15H26O3/c1-10(2)15(18)12-5-4-11(9-16)6-7-14(12,3)8-13(15)17/h6,10,12-13,16-18H,4-5,7-9H2,1-3H3/t12-,13+,14+,15-/m1/s1. The number of rotatable bonds is 2. The van der Waals surface area contributed by atoms with E-state index in [2.05, 4.69) is 13.0 Å². The van der Waals surface area contributed by atoms with Gasteiger partial charge in [-0.3, -0.25) is 0 Å². The zero-order chi connectivity index (χ0) is 13.6. The summed E-state index contributed by atoms with van der Waals surface area (Å²) in [5.74, 6) is 0.162. The fourth-order valence-corrected chi connectivity index (χ4v) is 4.08. The monoisotopic (exact) mass is 254 g/mol. The minimum absolute atomic E-state index is 0.0463. The molecule has 0 heterocycles. The number of aliphatic hydroxyl groups excluding tert-OH is 2. The third kappa shape index (κ3) is 1.93. The largest absolute Gasteiger partial charge is 0.392 e. The lowest BCUT2D eigenvalue weighted by Crippen LogP contribution is -2.49. The second-order valence-electron chi connectivity index (χ2n) is 6.73. The van der Waals surface area contributed by atoms with E-state index in [-0.39, 0.29) is 23.9 Å². The zero-order valence-electron chi connectivity index (χ0n) is 11.7. The lowest BCUT2D eigenvalue weighted by molar-refractivity contribution is -0.121. The SMILES string of the molecule is CC(C)[C@@]1(O)[C@@H]2CCC(CO)=CC[C@@]2(C)C[C@@H]1O. The normalized spacial score (nSPS) is 44.7. The van der Waals surface area contributed by atoms with Crippen LogP contribution in [0.5, 0.6) is 0 Å². The maximum atomic E-state index is 10.9. The van der Waals surface area contributed by atoms with Crippen LogP contribution in [0.15, 0.2) is 11.6 Å². The van der Waals surface area contributed by atoms with E-state index in [0.29, 0.717) is 6.42 Å². The van der Waals surface area contributed by atoms with Gasteiger partial charge in [0.25, 0.3) is 0 Å². The van der Waals surface area contributed by atoms with Crippen LogP contribution in [-0.2, 0) is 0 Å². The molecule has 1 saturated carbocycles. The molecule has 3 heteroatoms. The molecule has 0 amide bonds. The first-order chi connectivity index (χ1) is 8.34. The number of fused-ring (bicyclic) bond motifs is 1. The van der Waals surface area contributed by atoms with Gasteiger partial charge in [0.05, 0.1) is 18.3 Å². The predicted molar refractivity (Wildman–Crippen MR) is 71.0 cm³/mol. The van der Waals surface area contributed by atoms with Crippen LogP contribution in [0.1, 0.15) is 46.5 Å². The second-order valence-corrected chi connectivity index (χ2v) is 6.73. The molecule has 2 aliphatic rings. The van der Waals surface area contributed by atoms with E-state index in [1.807, 2.05) is 13.8 Å². The van der Waals surface area contributed by atoms with Crippen molar-refractivity contribution in [1.82, 2.24) is 0 Å². The molecule has 0 bridgehead atoms. The summed E-state index contributed by atoms with van der Waals surface area (Å²) in [5.41, 5.74) is 0.0503. The highest BCUT2D eigenvalue weighted by Gasteiger charge is 2.60. The maximum Gasteiger partial charge on any atom is 0.0961 e. The number of aliphatic hydroxyl groups is 3. The molecule has 0 unspecified atom stereocenters. The molecule has 0 aliphatic heterocycles. The molecule has 0 aromatic heterocycles. The highest BCUT2D eigenvalue weighted by atomic mass is 16.3. The first-order valence-electron chi connectivity index (χ1n) is 7.04. The van der Waals surface area contributed by atoms with Crippen molar-refractivity contribution in [1.29, 1.82) is 0 Å². The molecule has 0 saturated heterocycles. The van der Waals surface area contributed by atoms with Crippen molar-refractivity contribution in [3.63, 3.8) is 0 Å². The van der Waals surface area contributed by atoms with Gasteiger partial charge in [0, 0.05) is 0 Å². The van der Waals surface area contributed by atoms with Crippen molar-refractivity contribution in [2.45, 2.75) is 58.2 Å². The quantitative estimate of drug-likeness (QED) is 0.659. The van der Waals surface area contributed by atoms with Crippen LogP contribution < -0.4 is 0 Å². The average molecular weight is 254 g/mol. The summed E-state index contributed by atoms with van der Waals surface area (Å²) in [4.78, 5) is 0. The topological polar surface area (TPSA) is 60.7 Å². The van der Waals surface area contributed by atoms with Crippen molar-refractivity contribution in [3.8, 4) is 0 Å². The Labute approximate surface area is 110 Å². The highest BCUT2D eigenvalue weighted by Crippen LogP contribution is 2.57. The fourth-order valence-electron chi connectivity index (χ4n) is 4.08. The Bertz CT molecular complexity index is 350. The Kier molecular flexibility index (Phi) is 3.60. The molecule has 0 aromatic rings. The Morgan fingerprint density at radius 3 is 2.67 bits per heavy atom. The van der Waals surface area contributed by atoms with E-state index >= 15 is 0 Å². The molecule has 18 heavy (non-hydrogen) atoms. The van der Waals surface area contributed by atoms with E-state index in [1.165, 1.54) is 0 Å². The second kappa shape index (κ2) is 4.62. The summed E-state index contributed by atoms with van der Waals surface area (Å²) >= 11 is 0. The number of hydrogen-bond acceptors (Lipinski definition) is 3. The molecular weight excluding hydrogens is 228 g/mol. The van der Waals surface area contributed by atoms with Gasteiger partial charge in [0.1, 0.15) is 0 Å². The zero-order valence-corrected chi connectivity index (χ0v) is 11.7. The average Bonchev–Trinajstić information content (AvgIpc) is 2.44. The van der Waals surface area contributed by atoms with Crippen LogP contribution in [0.3, 0.4) is 0 Å². The van der Waals surface area contributed by atoms with Crippen molar-refractivity contribution in [2.24, 2.45) is 17.3 Å². The molecular formula is C15H26O3. The summed E-state index contributed by atoms with van der Waals surface area (Å²) < 4.78 is 0. The Morgan fingerprint density at radius 2 is 2.11 bits per heavy atom. The minimum Gasteiger partial charge on any atom is -0.392 e. The van der Waals surface area contributed by atoms with Gasteiger partial charge in [-0.25, -0.2) is 0 Å². The molecule has 104 valence electrons. The van der Waals surface area contributed by atoms with Gasteiger partial charge >= 0.3 is 0 Å². The summed E-state index contributed by atoms with van der Waals surface area (Å²) in [7, 11) is 0. The summed E-state index contributed by atoms with van der Waals surface area (Å²) in [6, 6.07) is 0. The van der Waals surface area contributed by atoms with Gasteiger partial charge in [0.15, 0.2) is 0 Å². The lowest BCUT2D eigenvalue weighted by atomic mass is 9.69. The lowest BCUT2D eigenvalue weighted by Gasteiger charge is -2.40. The van der Waals surface area contributed by atoms with Crippen molar-refractivity contribution >= 4 is 0 Å². The molecule has 4 atom stereocenters. The van der Waals surface area contributed by atoms with Crippen LogP contribution >= 0.6 is 0 Å². The first-order valence-corrected chi connectivity index (χ1v) is 7.04. The van der Waals surface area contributed by atoms with Gasteiger partial charge in [-0.2, -0.15) is 0 Å². The van der Waals surface area contributed by atoms with Gasteiger partial charge < -0.3 is 15.3 Å². The number of allylic oxidation sites excluding steroid dienone is 1. The first kappa shape index (κ1) is 14.0. The van der Waals surface area contributed by atoms with Crippen LogP contribution in [0, 0.1) is 17.3 Å². The predicted octanol–water partition coefficient (Wildman–Crippen LogP) is 1.86. The third-order valence-electron chi connectivity index (χ3n) is 5.33. The van der Waals surface area contributed by atoms with Gasteiger partial charge in [-0.1, -0.05) is 26.8 Å². The molecule has 1 fully saturated rings. The van der Waals surface area contributed by atoms with Gasteiger partial charge in [0.2, 0.25) is 0 Å². The smallest absolute Gasteiger partial charge is 0.0961 e. The summed E-state index contributed by atoms with van der Waals surface area (Å²) in [6.45, 7) is 6.25. The molecule has 2 rings (SSSR count). The molecule has 3 nitrogen and oxygen atoms in total. The third-order valence-corrected chi connectivity index (χ3v) is 5.33. The van der Waals surface area contributed by atoms with E-state index in [9.17, 15) is 15.3 Å². The van der Waals surface area contributed by atoms with Gasteiger partial charge in [-0.15, -0.1) is 0 Å². The molecule has 0 spiro atoms. The van der Waals surface area contributed by atoms with Crippen LogP contribution in [0.25, 0.3) is 0 Å². The van der Waals surface area contributed by atoms with E-state index in [4.69, 9.17) is 0 Å². The Morgan fingerprint density at radius 1 is 1.44 bits per heavy atom. The fraction of sp³-hybridized carbons (Fsp3) is 0.867. The number of hydrogen-bond donors (Lipinski definition) is 3. The minimum atomic E-state index is -0.979. The molecule has 3 N–H and O–H groups in total. The van der Waals surface area contributed by atoms with Crippen molar-refractivity contribution < 1.29 is 15.3 Å². The van der Waals surface area contributed by atoms with E-state index < -0.39 is 11.7 Å². The van der Waals surface area contributed by atoms with Gasteiger partial charge in [-0.05, 0) is 48.5 Å². The maximum absolute atomic E-state index is 10.9. The molecule has 0 radical (unpaired) electrons. The molecule has 2 aliphatic carbocycles. The van der Waals surface area contributed by atoms with Crippen LogP contribution in [0.4, 0.5) is 0 Å². The van der Waals surface area contributed by atoms with Crippen molar-refractivity contribution in [3.05, 3.63) is 11.6 Å². The van der Waals surface area contributed by atoms with Crippen LogP contribution in [0.2, 0.25) is 0 Å². The Hall–Kier alpha value is -0.380. The van der Waals surface area contributed by atoms with E-state index in [0.717, 1.165) is 24.8 Å². The highest BCUT2D eigenvalue weighted by molar-refractivity contribution is 5.17. The Balaban J connectivity index is 2.32. The summed E-state index contributed by atoms with van der Waals surface area (Å²) in [6.07, 6.45) is 4.67. The van der Waals surface area contributed by atoms with Crippen LogP contribution in [-0.4, -0.2) is 33.6 Å².